The first kappa shape index (κ1) is 7.45. The summed E-state index contributed by atoms with van der Waals surface area (Å²) in [6, 6.07) is 0.682. The second-order valence-corrected chi connectivity index (χ2v) is 2.97. The zero-order valence-electron chi connectivity index (χ0n) is 7.04. The Balaban J connectivity index is 2.49. The van der Waals surface area contributed by atoms with E-state index in [-0.39, 0.29) is 0 Å². The Morgan fingerprint density at radius 2 is 2.20 bits per heavy atom. The van der Waals surface area contributed by atoms with Crippen LogP contribution in [0, 0.1) is 0 Å². The van der Waals surface area contributed by atoms with Crippen LogP contribution in [0.4, 0.5) is 0 Å². The average molecular weight is 140 g/mol. The molecule has 1 heterocycles. The normalized spacial score (nSPS) is 20.3. The van der Waals surface area contributed by atoms with Crippen LogP contribution in [0.5, 0.6) is 0 Å². The quantitative estimate of drug-likeness (QED) is 0.494. The lowest BCUT2D eigenvalue weighted by Crippen LogP contribution is -2.24. The second kappa shape index (κ2) is 2.95. The highest BCUT2D eigenvalue weighted by Crippen LogP contribution is 1.96. The zero-order valence-corrected chi connectivity index (χ0v) is 7.04. The van der Waals surface area contributed by atoms with Crippen LogP contribution < -0.4 is 0 Å². The third kappa shape index (κ3) is 1.43. The van der Waals surface area contributed by atoms with E-state index in [0.29, 0.717) is 6.04 Å². The molecule has 0 radical (unpaired) electrons. The van der Waals surface area contributed by atoms with Crippen molar-refractivity contribution in [3.05, 3.63) is 0 Å². The van der Waals surface area contributed by atoms with E-state index in [9.17, 15) is 0 Å². The zero-order chi connectivity index (χ0) is 7.56. The summed E-state index contributed by atoms with van der Waals surface area (Å²) in [5.41, 5.74) is 0. The molecule has 0 saturated carbocycles. The molecular formula is C8H16N2+2. The maximum absolute atomic E-state index is 2.35. The second-order valence-electron chi connectivity index (χ2n) is 2.97. The van der Waals surface area contributed by atoms with Crippen molar-refractivity contribution >= 4 is 12.4 Å². The molecule has 0 aliphatic carbocycles. The Morgan fingerprint density at radius 3 is 2.60 bits per heavy atom. The molecule has 0 amide bonds. The van der Waals surface area contributed by atoms with Crippen molar-refractivity contribution < 1.29 is 9.15 Å². The van der Waals surface area contributed by atoms with E-state index < -0.39 is 0 Å². The summed E-state index contributed by atoms with van der Waals surface area (Å²) in [7, 11) is 2.10. The lowest BCUT2D eigenvalue weighted by molar-refractivity contribution is -0.715. The molecule has 0 fully saturated rings. The van der Waals surface area contributed by atoms with Crippen molar-refractivity contribution in [1.29, 1.82) is 0 Å². The Bertz CT molecular complexity index is 180. The Hall–Kier alpha value is -0.660. The molecule has 1 aliphatic heterocycles. The molecular weight excluding hydrogens is 124 g/mol. The topological polar surface area (TPSA) is 6.02 Å². The molecule has 56 valence electrons. The van der Waals surface area contributed by atoms with Gasteiger partial charge >= 0.3 is 6.67 Å². The van der Waals surface area contributed by atoms with Crippen LogP contribution in [0.3, 0.4) is 0 Å². The number of hydrogen-bond donors (Lipinski definition) is 0. The van der Waals surface area contributed by atoms with E-state index >= 15 is 0 Å². The molecule has 1 rings (SSSR count). The molecule has 2 heteroatoms. The Morgan fingerprint density at radius 1 is 1.50 bits per heavy atom. The molecule has 1 atom stereocenters. The molecule has 0 aromatic carbocycles. The van der Waals surface area contributed by atoms with Crippen molar-refractivity contribution in [2.75, 3.05) is 13.7 Å². The van der Waals surface area contributed by atoms with E-state index in [0.717, 1.165) is 6.67 Å². The van der Waals surface area contributed by atoms with Crippen LogP contribution in [-0.2, 0) is 0 Å². The van der Waals surface area contributed by atoms with E-state index in [2.05, 4.69) is 42.5 Å². The lowest BCUT2D eigenvalue weighted by Gasteiger charge is -2.01. The lowest BCUT2D eigenvalue weighted by atomic mass is 10.2. The number of rotatable bonds is 2. The first-order chi connectivity index (χ1) is 4.74. The molecule has 0 aromatic rings. The first-order valence-electron chi connectivity index (χ1n) is 3.88. The van der Waals surface area contributed by atoms with E-state index in [1.165, 1.54) is 6.42 Å². The minimum atomic E-state index is 0.682. The van der Waals surface area contributed by atoms with Gasteiger partial charge in [-0.25, -0.2) is 0 Å². The van der Waals surface area contributed by atoms with Crippen LogP contribution in [-0.4, -0.2) is 41.3 Å². The standard InChI is InChI=1S/C8H16N2/c1-4-8(2)10-6-5-9(3)7-10/h5-6,8H,4,7H2,1-3H3/q+2. The van der Waals surface area contributed by atoms with Gasteiger partial charge in [-0.1, -0.05) is 6.92 Å². The van der Waals surface area contributed by atoms with Gasteiger partial charge in [0.2, 0.25) is 12.4 Å². The SMILES string of the molecule is CCC(C)[N+]1=CC=[N+](C)C1. The van der Waals surface area contributed by atoms with Crippen molar-refractivity contribution in [3.63, 3.8) is 0 Å². The van der Waals surface area contributed by atoms with Gasteiger partial charge < -0.3 is 0 Å². The van der Waals surface area contributed by atoms with Crippen molar-refractivity contribution in [3.8, 4) is 0 Å². The summed E-state index contributed by atoms with van der Waals surface area (Å²) in [5, 5.41) is 0. The largest absolute Gasteiger partial charge is 0.334 e. The first-order valence-corrected chi connectivity index (χ1v) is 3.88. The van der Waals surface area contributed by atoms with Crippen LogP contribution in [0.15, 0.2) is 0 Å². The highest BCUT2D eigenvalue weighted by Gasteiger charge is 2.20. The molecule has 2 nitrogen and oxygen atoms in total. The molecule has 0 aromatic heterocycles. The minimum Gasteiger partial charge on any atom is -0.176 e. The van der Waals surface area contributed by atoms with Gasteiger partial charge in [0, 0.05) is 6.42 Å². The maximum atomic E-state index is 2.35. The smallest absolute Gasteiger partial charge is 0.176 e. The highest BCUT2D eigenvalue weighted by atomic mass is 15.2. The molecule has 1 unspecified atom stereocenters. The van der Waals surface area contributed by atoms with E-state index in [4.69, 9.17) is 0 Å². The van der Waals surface area contributed by atoms with Gasteiger partial charge in [0.05, 0.1) is 0 Å². The summed E-state index contributed by atoms with van der Waals surface area (Å²) < 4.78 is 4.53. The molecule has 1 aliphatic rings. The summed E-state index contributed by atoms with van der Waals surface area (Å²) in [4.78, 5) is 0. The third-order valence-corrected chi connectivity index (χ3v) is 2.06. The van der Waals surface area contributed by atoms with Crippen molar-refractivity contribution in [2.24, 2.45) is 0 Å². The van der Waals surface area contributed by atoms with E-state index in [1.807, 2.05) is 0 Å². The maximum Gasteiger partial charge on any atom is 0.334 e. The predicted molar refractivity (Wildman–Crippen MR) is 43.2 cm³/mol. The molecule has 0 N–H and O–H groups in total. The molecule has 0 spiro atoms. The van der Waals surface area contributed by atoms with Crippen LogP contribution in [0.1, 0.15) is 20.3 Å². The van der Waals surface area contributed by atoms with Crippen LogP contribution in [0.2, 0.25) is 0 Å². The van der Waals surface area contributed by atoms with Crippen LogP contribution >= 0.6 is 0 Å². The highest BCUT2D eigenvalue weighted by molar-refractivity contribution is 6.11. The fourth-order valence-corrected chi connectivity index (χ4v) is 1.07. The molecule has 10 heavy (non-hydrogen) atoms. The van der Waals surface area contributed by atoms with Crippen LogP contribution in [0.25, 0.3) is 0 Å². The summed E-state index contributed by atoms with van der Waals surface area (Å²) in [5.74, 6) is 0. The monoisotopic (exact) mass is 140 g/mol. The van der Waals surface area contributed by atoms with Gasteiger partial charge in [0.1, 0.15) is 7.05 Å². The fraction of sp³-hybridized carbons (Fsp3) is 0.750. The average Bonchev–Trinajstić information content (AvgIpc) is 2.34. The Labute approximate surface area is 62.5 Å². The summed E-state index contributed by atoms with van der Waals surface area (Å²) >= 11 is 0. The molecule has 0 bridgehead atoms. The third-order valence-electron chi connectivity index (χ3n) is 2.06. The predicted octanol–water partition coefficient (Wildman–Crippen LogP) is 0.552. The fourth-order valence-electron chi connectivity index (χ4n) is 1.07. The van der Waals surface area contributed by atoms with Crippen molar-refractivity contribution in [1.82, 2.24) is 0 Å². The van der Waals surface area contributed by atoms with Gasteiger partial charge in [0.15, 0.2) is 6.04 Å². The Kier molecular flexibility index (Phi) is 2.20. The van der Waals surface area contributed by atoms with Gasteiger partial charge in [0.25, 0.3) is 0 Å². The van der Waals surface area contributed by atoms with Gasteiger partial charge in [-0.15, -0.1) is 0 Å². The number of hydrogen-bond acceptors (Lipinski definition) is 0. The minimum absolute atomic E-state index is 0.682. The summed E-state index contributed by atoms with van der Waals surface area (Å²) in [6.07, 6.45) is 5.50. The summed E-state index contributed by atoms with van der Waals surface area (Å²) in [6.45, 7) is 5.52. The van der Waals surface area contributed by atoms with Gasteiger partial charge in [-0.05, 0) is 6.92 Å². The van der Waals surface area contributed by atoms with E-state index in [1.54, 1.807) is 0 Å². The van der Waals surface area contributed by atoms with Gasteiger partial charge in [-0.2, -0.15) is 9.15 Å². The van der Waals surface area contributed by atoms with Crippen molar-refractivity contribution in [2.45, 2.75) is 26.3 Å². The molecule has 0 saturated heterocycles. The number of nitrogens with zero attached hydrogens (tertiary/aromatic N) is 2. The van der Waals surface area contributed by atoms with Gasteiger partial charge in [-0.3, -0.25) is 0 Å².